The van der Waals surface area contributed by atoms with Gasteiger partial charge in [-0.2, -0.15) is 0 Å². The highest BCUT2D eigenvalue weighted by molar-refractivity contribution is 5.80. The molecule has 0 fully saturated rings. The van der Waals surface area contributed by atoms with Crippen LogP contribution in [0.25, 0.3) is 0 Å². The van der Waals surface area contributed by atoms with Crippen LogP contribution in [0.15, 0.2) is 60.7 Å². The van der Waals surface area contributed by atoms with Crippen molar-refractivity contribution in [2.75, 3.05) is 0 Å². The van der Waals surface area contributed by atoms with Gasteiger partial charge in [0.1, 0.15) is 12.6 Å². The molecule has 114 valence electrons. The van der Waals surface area contributed by atoms with Crippen molar-refractivity contribution < 1.29 is 9.59 Å². The number of rotatable bonds is 2. The zero-order valence-electron chi connectivity index (χ0n) is 12.9. The second-order valence-electron chi connectivity index (χ2n) is 6.51. The molecule has 2 nitrogen and oxygen atoms in total. The Morgan fingerprint density at radius 2 is 0.958 bits per heavy atom. The fourth-order valence-electron chi connectivity index (χ4n) is 4.40. The maximum atomic E-state index is 11.2. The van der Waals surface area contributed by atoms with E-state index in [0.29, 0.717) is 11.1 Å². The van der Waals surface area contributed by atoms with Gasteiger partial charge in [-0.15, -0.1) is 0 Å². The second-order valence-corrected chi connectivity index (χ2v) is 6.51. The van der Waals surface area contributed by atoms with Crippen LogP contribution >= 0.6 is 0 Å². The van der Waals surface area contributed by atoms with Gasteiger partial charge in [-0.25, -0.2) is 0 Å². The van der Waals surface area contributed by atoms with E-state index in [2.05, 4.69) is 36.4 Å². The van der Waals surface area contributed by atoms with Gasteiger partial charge in [0.2, 0.25) is 0 Å². The molecular weight excluding hydrogens is 296 g/mol. The van der Waals surface area contributed by atoms with E-state index in [1.165, 1.54) is 33.4 Å². The van der Waals surface area contributed by atoms with Crippen LogP contribution in [-0.4, -0.2) is 12.6 Å². The normalized spacial score (nSPS) is 19.2. The van der Waals surface area contributed by atoms with Crippen molar-refractivity contribution >= 4 is 12.6 Å². The first-order chi connectivity index (χ1) is 11.8. The molecular formula is C22H14O2. The predicted octanol–water partition coefficient (Wildman–Crippen LogP) is 4.30. The summed E-state index contributed by atoms with van der Waals surface area (Å²) in [5.41, 5.74) is 8.98. The molecule has 0 spiro atoms. The first kappa shape index (κ1) is 13.4. The highest BCUT2D eigenvalue weighted by atomic mass is 16.1. The molecule has 2 heteroatoms. The third-order valence-corrected chi connectivity index (χ3v) is 5.36. The maximum absolute atomic E-state index is 11.2. The Balaban J connectivity index is 1.86. The molecule has 3 aromatic carbocycles. The van der Waals surface area contributed by atoms with Gasteiger partial charge in [0, 0.05) is 23.0 Å². The average Bonchev–Trinajstić information content (AvgIpc) is 2.66. The second kappa shape index (κ2) is 4.75. The van der Waals surface area contributed by atoms with Gasteiger partial charge >= 0.3 is 0 Å². The van der Waals surface area contributed by atoms with E-state index in [1.54, 1.807) is 0 Å². The minimum atomic E-state index is 0.136. The summed E-state index contributed by atoms with van der Waals surface area (Å²) in [6.45, 7) is 0. The van der Waals surface area contributed by atoms with E-state index in [-0.39, 0.29) is 11.8 Å². The van der Waals surface area contributed by atoms with Crippen LogP contribution < -0.4 is 0 Å². The zero-order chi connectivity index (χ0) is 16.3. The molecule has 0 N–H and O–H groups in total. The Labute approximate surface area is 139 Å². The Morgan fingerprint density at radius 3 is 1.38 bits per heavy atom. The van der Waals surface area contributed by atoms with Crippen LogP contribution in [0.5, 0.6) is 0 Å². The molecule has 0 saturated heterocycles. The molecule has 0 heterocycles. The molecule has 0 aliphatic heterocycles. The zero-order valence-corrected chi connectivity index (χ0v) is 12.9. The minimum Gasteiger partial charge on any atom is -0.298 e. The summed E-state index contributed by atoms with van der Waals surface area (Å²) < 4.78 is 0. The van der Waals surface area contributed by atoms with Crippen LogP contribution in [0.2, 0.25) is 0 Å². The van der Waals surface area contributed by atoms with Crippen LogP contribution in [0.3, 0.4) is 0 Å². The number of carbonyl (C=O) groups excluding carboxylic acids is 2. The van der Waals surface area contributed by atoms with Crippen molar-refractivity contribution in [3.05, 3.63) is 105 Å². The van der Waals surface area contributed by atoms with Crippen molar-refractivity contribution in [3.8, 4) is 0 Å². The molecule has 3 aliphatic rings. The van der Waals surface area contributed by atoms with E-state index >= 15 is 0 Å². The Hall–Kier alpha value is -3.00. The lowest BCUT2D eigenvalue weighted by Crippen LogP contribution is -2.27. The van der Waals surface area contributed by atoms with E-state index in [1.807, 2.05) is 24.3 Å². The fraction of sp³-hybridized carbons (Fsp3) is 0.0909. The Bertz CT molecular complexity index is 934. The number of hydrogen-bond acceptors (Lipinski definition) is 2. The smallest absolute Gasteiger partial charge is 0.150 e. The van der Waals surface area contributed by atoms with Crippen molar-refractivity contribution in [1.82, 2.24) is 0 Å². The van der Waals surface area contributed by atoms with Gasteiger partial charge in [-0.05, 0) is 45.5 Å². The summed E-state index contributed by atoms with van der Waals surface area (Å²) in [5, 5.41) is 0. The van der Waals surface area contributed by atoms with E-state index in [9.17, 15) is 9.59 Å². The van der Waals surface area contributed by atoms with Gasteiger partial charge in [0.15, 0.2) is 0 Å². The lowest BCUT2D eigenvalue weighted by Gasteiger charge is -2.42. The molecule has 0 saturated carbocycles. The van der Waals surface area contributed by atoms with Gasteiger partial charge in [-0.1, -0.05) is 48.5 Å². The van der Waals surface area contributed by atoms with Crippen molar-refractivity contribution in [1.29, 1.82) is 0 Å². The standard InChI is InChI=1S/C22H14O2/c23-11-13-6-8-18-19(9-13)21-15-3-1-2-4-16(15)22(18)20-10-14(12-24)5-7-17(20)21/h1-12,21-22H. The molecule has 2 bridgehead atoms. The minimum absolute atomic E-state index is 0.136. The summed E-state index contributed by atoms with van der Waals surface area (Å²) in [5.74, 6) is 0.272. The number of carbonyl (C=O) groups is 2. The topological polar surface area (TPSA) is 34.1 Å². The van der Waals surface area contributed by atoms with Gasteiger partial charge < -0.3 is 0 Å². The van der Waals surface area contributed by atoms with Crippen LogP contribution in [0.4, 0.5) is 0 Å². The molecule has 6 rings (SSSR count). The largest absolute Gasteiger partial charge is 0.298 e. The highest BCUT2D eigenvalue weighted by Gasteiger charge is 2.41. The molecule has 2 atom stereocenters. The lowest BCUT2D eigenvalue weighted by atomic mass is 9.61. The van der Waals surface area contributed by atoms with Crippen molar-refractivity contribution in [2.24, 2.45) is 0 Å². The predicted molar refractivity (Wildman–Crippen MR) is 92.0 cm³/mol. The molecule has 2 unspecified atom stereocenters. The fourth-order valence-corrected chi connectivity index (χ4v) is 4.40. The Morgan fingerprint density at radius 1 is 0.542 bits per heavy atom. The highest BCUT2D eigenvalue weighted by Crippen LogP contribution is 2.55. The summed E-state index contributed by atoms with van der Waals surface area (Å²) in [6, 6.07) is 20.5. The van der Waals surface area contributed by atoms with E-state index in [0.717, 1.165) is 12.6 Å². The van der Waals surface area contributed by atoms with Gasteiger partial charge in [0.25, 0.3) is 0 Å². The first-order valence-electron chi connectivity index (χ1n) is 8.08. The molecule has 3 aliphatic carbocycles. The average molecular weight is 310 g/mol. The number of hydrogen-bond donors (Lipinski definition) is 0. The third kappa shape index (κ3) is 1.60. The summed E-state index contributed by atoms with van der Waals surface area (Å²) in [6.07, 6.45) is 1.82. The van der Waals surface area contributed by atoms with Gasteiger partial charge in [-0.3, -0.25) is 9.59 Å². The van der Waals surface area contributed by atoms with Gasteiger partial charge in [0.05, 0.1) is 0 Å². The Kier molecular flexibility index (Phi) is 2.66. The molecule has 24 heavy (non-hydrogen) atoms. The lowest BCUT2D eigenvalue weighted by molar-refractivity contribution is 0.111. The van der Waals surface area contributed by atoms with Crippen LogP contribution in [0, 0.1) is 0 Å². The van der Waals surface area contributed by atoms with Crippen LogP contribution in [-0.2, 0) is 0 Å². The summed E-state index contributed by atoms with van der Waals surface area (Å²) in [7, 11) is 0. The van der Waals surface area contributed by atoms with Crippen LogP contribution in [0.1, 0.15) is 65.9 Å². The maximum Gasteiger partial charge on any atom is 0.150 e. The molecule has 0 amide bonds. The molecule has 0 aromatic heterocycles. The SMILES string of the molecule is O=Cc1ccc2c(c1)C1c3ccccc3C2c2cc(C=O)ccc21. The summed E-state index contributed by atoms with van der Waals surface area (Å²) >= 11 is 0. The quantitative estimate of drug-likeness (QED) is 0.456. The number of benzene rings is 3. The summed E-state index contributed by atoms with van der Waals surface area (Å²) in [4.78, 5) is 22.5. The van der Waals surface area contributed by atoms with Crippen molar-refractivity contribution in [2.45, 2.75) is 11.8 Å². The first-order valence-corrected chi connectivity index (χ1v) is 8.08. The monoisotopic (exact) mass is 310 g/mol. The van der Waals surface area contributed by atoms with Crippen molar-refractivity contribution in [3.63, 3.8) is 0 Å². The number of aldehydes is 2. The molecule has 3 aromatic rings. The third-order valence-electron chi connectivity index (χ3n) is 5.36. The van der Waals surface area contributed by atoms with E-state index < -0.39 is 0 Å². The van der Waals surface area contributed by atoms with E-state index in [4.69, 9.17) is 0 Å². The molecule has 0 radical (unpaired) electrons.